The van der Waals surface area contributed by atoms with Gasteiger partial charge >= 0.3 is 0 Å². The molecule has 0 aromatic heterocycles. The first-order valence-corrected chi connectivity index (χ1v) is 9.06. The standard InChI is InChI=1S/C20H18O3S/c1-15-14-19(12-13-20(15)16-6-4-3-5-7-16)24(21,22)18-10-8-17(23-2)9-11-18/h3-14H,1-2H3. The number of benzene rings is 3. The van der Waals surface area contributed by atoms with E-state index in [0.717, 1.165) is 16.7 Å². The predicted octanol–water partition coefficient (Wildman–Crippen LogP) is 4.50. The minimum Gasteiger partial charge on any atom is -0.497 e. The fourth-order valence-electron chi connectivity index (χ4n) is 2.64. The van der Waals surface area contributed by atoms with Crippen LogP contribution in [0.2, 0.25) is 0 Å². The Morgan fingerprint density at radius 1 is 0.792 bits per heavy atom. The summed E-state index contributed by atoms with van der Waals surface area (Å²) in [6.07, 6.45) is 0. The lowest BCUT2D eigenvalue weighted by Gasteiger charge is -2.10. The molecule has 0 saturated heterocycles. The highest BCUT2D eigenvalue weighted by atomic mass is 32.2. The fourth-order valence-corrected chi connectivity index (χ4v) is 3.98. The van der Waals surface area contributed by atoms with Crippen LogP contribution in [0.4, 0.5) is 0 Å². The van der Waals surface area contributed by atoms with Crippen LogP contribution in [0.15, 0.2) is 82.6 Å². The van der Waals surface area contributed by atoms with E-state index in [2.05, 4.69) is 0 Å². The molecule has 3 aromatic rings. The van der Waals surface area contributed by atoms with E-state index in [1.165, 1.54) is 0 Å². The fraction of sp³-hybridized carbons (Fsp3) is 0.100. The Kier molecular flexibility index (Phi) is 4.40. The Morgan fingerprint density at radius 3 is 2.00 bits per heavy atom. The normalized spacial score (nSPS) is 11.2. The SMILES string of the molecule is COc1ccc(S(=O)(=O)c2ccc(-c3ccccc3)c(C)c2)cc1. The van der Waals surface area contributed by atoms with Gasteiger partial charge in [0.15, 0.2) is 0 Å². The van der Waals surface area contributed by atoms with E-state index < -0.39 is 9.84 Å². The van der Waals surface area contributed by atoms with Gasteiger partial charge in [-0.25, -0.2) is 8.42 Å². The van der Waals surface area contributed by atoms with Crippen LogP contribution in [0.1, 0.15) is 5.56 Å². The van der Waals surface area contributed by atoms with Gasteiger partial charge in [0.05, 0.1) is 16.9 Å². The molecule has 0 aliphatic heterocycles. The second-order valence-corrected chi connectivity index (χ2v) is 7.47. The number of ether oxygens (including phenoxy) is 1. The smallest absolute Gasteiger partial charge is 0.206 e. The Balaban J connectivity index is 2.01. The molecule has 122 valence electrons. The van der Waals surface area contributed by atoms with E-state index >= 15 is 0 Å². The van der Waals surface area contributed by atoms with Gasteiger partial charge in [-0.1, -0.05) is 36.4 Å². The summed E-state index contributed by atoms with van der Waals surface area (Å²) in [5.74, 6) is 0.629. The first kappa shape index (κ1) is 16.3. The van der Waals surface area contributed by atoms with Crippen LogP contribution < -0.4 is 4.74 Å². The Hall–Kier alpha value is -2.59. The number of hydrogen-bond acceptors (Lipinski definition) is 3. The lowest BCUT2D eigenvalue weighted by Crippen LogP contribution is -2.02. The van der Waals surface area contributed by atoms with Gasteiger partial charge < -0.3 is 4.74 Å². The zero-order valence-electron chi connectivity index (χ0n) is 13.6. The molecule has 0 aliphatic rings. The quantitative estimate of drug-likeness (QED) is 0.703. The lowest BCUT2D eigenvalue weighted by atomic mass is 10.0. The summed E-state index contributed by atoms with van der Waals surface area (Å²) in [6.45, 7) is 1.93. The van der Waals surface area contributed by atoms with Crippen molar-refractivity contribution in [2.45, 2.75) is 16.7 Å². The van der Waals surface area contributed by atoms with E-state index in [4.69, 9.17) is 4.74 Å². The maximum absolute atomic E-state index is 12.8. The van der Waals surface area contributed by atoms with Crippen LogP contribution in [0, 0.1) is 6.92 Å². The van der Waals surface area contributed by atoms with Crippen molar-refractivity contribution in [3.63, 3.8) is 0 Å². The number of sulfone groups is 1. The molecule has 3 nitrogen and oxygen atoms in total. The highest BCUT2D eigenvalue weighted by Crippen LogP contribution is 2.29. The minimum atomic E-state index is -3.54. The molecule has 3 rings (SSSR count). The largest absolute Gasteiger partial charge is 0.497 e. The summed E-state index contributed by atoms with van der Waals surface area (Å²) in [7, 11) is -1.99. The van der Waals surface area contributed by atoms with Gasteiger partial charge in [0.1, 0.15) is 5.75 Å². The zero-order valence-corrected chi connectivity index (χ0v) is 14.4. The molecule has 0 radical (unpaired) electrons. The number of methoxy groups -OCH3 is 1. The van der Waals surface area contributed by atoms with Crippen molar-refractivity contribution in [3.8, 4) is 16.9 Å². The van der Waals surface area contributed by atoms with Crippen molar-refractivity contribution in [1.29, 1.82) is 0 Å². The van der Waals surface area contributed by atoms with Crippen molar-refractivity contribution < 1.29 is 13.2 Å². The maximum atomic E-state index is 12.8. The Labute approximate surface area is 142 Å². The van der Waals surface area contributed by atoms with Gasteiger partial charge in [-0.3, -0.25) is 0 Å². The van der Waals surface area contributed by atoms with Crippen molar-refractivity contribution >= 4 is 9.84 Å². The second-order valence-electron chi connectivity index (χ2n) is 5.52. The highest BCUT2D eigenvalue weighted by Gasteiger charge is 2.18. The monoisotopic (exact) mass is 338 g/mol. The summed E-state index contributed by atoms with van der Waals surface area (Å²) in [6, 6.07) is 21.6. The van der Waals surface area contributed by atoms with Gasteiger partial charge in [0.2, 0.25) is 9.84 Å². The Bertz CT molecular complexity index is 944. The average molecular weight is 338 g/mol. The second kappa shape index (κ2) is 6.49. The zero-order chi connectivity index (χ0) is 17.2. The number of aryl methyl sites for hydroxylation is 1. The molecular formula is C20H18O3S. The van der Waals surface area contributed by atoms with Gasteiger partial charge in [0.25, 0.3) is 0 Å². The van der Waals surface area contributed by atoms with E-state index in [9.17, 15) is 8.42 Å². The van der Waals surface area contributed by atoms with E-state index in [-0.39, 0.29) is 4.90 Å². The van der Waals surface area contributed by atoms with Gasteiger partial charge in [-0.15, -0.1) is 0 Å². The van der Waals surface area contributed by atoms with Crippen LogP contribution in [0.5, 0.6) is 5.75 Å². The summed E-state index contributed by atoms with van der Waals surface area (Å²) >= 11 is 0. The average Bonchev–Trinajstić information content (AvgIpc) is 2.62. The molecule has 4 heteroatoms. The minimum absolute atomic E-state index is 0.259. The van der Waals surface area contributed by atoms with Crippen LogP contribution >= 0.6 is 0 Å². The molecule has 0 N–H and O–H groups in total. The summed E-state index contributed by atoms with van der Waals surface area (Å²) in [5.41, 5.74) is 3.03. The number of rotatable bonds is 4. The predicted molar refractivity (Wildman–Crippen MR) is 95.1 cm³/mol. The van der Waals surface area contributed by atoms with Gasteiger partial charge in [-0.05, 0) is 60.0 Å². The Morgan fingerprint density at radius 2 is 1.42 bits per heavy atom. The van der Waals surface area contributed by atoms with E-state index in [0.29, 0.717) is 10.6 Å². The molecule has 0 fully saturated rings. The molecule has 24 heavy (non-hydrogen) atoms. The summed E-state index contributed by atoms with van der Waals surface area (Å²) in [5, 5.41) is 0. The van der Waals surface area contributed by atoms with E-state index in [1.54, 1.807) is 43.5 Å². The molecular weight excluding hydrogens is 320 g/mol. The number of hydrogen-bond donors (Lipinski definition) is 0. The topological polar surface area (TPSA) is 43.4 Å². The maximum Gasteiger partial charge on any atom is 0.206 e. The molecule has 3 aromatic carbocycles. The van der Waals surface area contributed by atoms with Gasteiger partial charge in [0, 0.05) is 0 Å². The van der Waals surface area contributed by atoms with Crippen molar-refractivity contribution in [2.24, 2.45) is 0 Å². The summed E-state index contributed by atoms with van der Waals surface area (Å²) < 4.78 is 30.7. The van der Waals surface area contributed by atoms with Gasteiger partial charge in [-0.2, -0.15) is 0 Å². The molecule has 0 unspecified atom stereocenters. The molecule has 0 saturated carbocycles. The van der Waals surface area contributed by atoms with Crippen molar-refractivity contribution in [2.75, 3.05) is 7.11 Å². The lowest BCUT2D eigenvalue weighted by molar-refractivity contribution is 0.414. The third kappa shape index (κ3) is 3.05. The molecule has 0 bridgehead atoms. The van der Waals surface area contributed by atoms with Crippen LogP contribution in [-0.4, -0.2) is 15.5 Å². The van der Waals surface area contributed by atoms with Crippen LogP contribution in [0.3, 0.4) is 0 Å². The van der Waals surface area contributed by atoms with Crippen LogP contribution in [0.25, 0.3) is 11.1 Å². The summed E-state index contributed by atoms with van der Waals surface area (Å²) in [4.78, 5) is 0.556. The highest BCUT2D eigenvalue weighted by molar-refractivity contribution is 7.91. The van der Waals surface area contributed by atoms with Crippen molar-refractivity contribution in [3.05, 3.63) is 78.4 Å². The molecule has 0 spiro atoms. The third-order valence-corrected chi connectivity index (χ3v) is 5.73. The van der Waals surface area contributed by atoms with E-state index in [1.807, 2.05) is 43.3 Å². The molecule has 0 amide bonds. The van der Waals surface area contributed by atoms with Crippen molar-refractivity contribution in [1.82, 2.24) is 0 Å². The van der Waals surface area contributed by atoms with Crippen LogP contribution in [-0.2, 0) is 9.84 Å². The first-order valence-electron chi connectivity index (χ1n) is 7.57. The molecule has 0 atom stereocenters. The third-order valence-electron chi connectivity index (χ3n) is 3.96. The first-order chi connectivity index (χ1) is 11.5. The molecule has 0 aliphatic carbocycles. The molecule has 0 heterocycles.